The van der Waals surface area contributed by atoms with Gasteiger partial charge in [0, 0.05) is 12.2 Å². The van der Waals surface area contributed by atoms with Crippen molar-refractivity contribution in [1.29, 1.82) is 0 Å². The van der Waals surface area contributed by atoms with E-state index in [1.54, 1.807) is 76.6 Å². The normalized spacial score (nSPS) is 14.5. The van der Waals surface area contributed by atoms with E-state index in [-0.39, 0.29) is 31.1 Å². The summed E-state index contributed by atoms with van der Waals surface area (Å²) < 4.78 is 64.0. The van der Waals surface area contributed by atoms with Gasteiger partial charge in [-0.3, -0.25) is 4.79 Å². The van der Waals surface area contributed by atoms with Crippen LogP contribution in [0.2, 0.25) is 0 Å². The number of aliphatic hydroxyl groups is 1. The SMILES string of the molecule is COc1ccc(CO[C@H](/C=C/C(=O)OCCS(=O)(=O)c2ccc(C)cc2)[C@H](C)OC(=O)/C=C/[C@@H](OCc2ccc(OC)cc2)[C@H](C)OC(=O)C[C@H](C)O)cc1. The van der Waals surface area contributed by atoms with E-state index in [9.17, 15) is 27.9 Å². The van der Waals surface area contributed by atoms with Gasteiger partial charge in [-0.05, 0) is 87.4 Å². The van der Waals surface area contributed by atoms with E-state index in [4.69, 9.17) is 33.2 Å². The molecule has 3 rings (SSSR count). The third kappa shape index (κ3) is 16.1. The van der Waals surface area contributed by atoms with Crippen LogP contribution in [0.15, 0.2) is 102 Å². The van der Waals surface area contributed by atoms with Crippen molar-refractivity contribution in [1.82, 2.24) is 0 Å². The zero-order valence-electron chi connectivity index (χ0n) is 31.9. The summed E-state index contributed by atoms with van der Waals surface area (Å²) in [5.41, 5.74) is 2.49. The smallest absolute Gasteiger partial charge is 0.330 e. The average molecular weight is 783 g/mol. The van der Waals surface area contributed by atoms with Crippen molar-refractivity contribution in [2.24, 2.45) is 0 Å². The highest BCUT2D eigenvalue weighted by molar-refractivity contribution is 7.91. The van der Waals surface area contributed by atoms with Crippen molar-refractivity contribution in [3.8, 4) is 11.5 Å². The van der Waals surface area contributed by atoms with Crippen LogP contribution in [0.3, 0.4) is 0 Å². The average Bonchev–Trinajstić information content (AvgIpc) is 3.14. The Morgan fingerprint density at radius 3 is 1.64 bits per heavy atom. The van der Waals surface area contributed by atoms with Gasteiger partial charge in [-0.25, -0.2) is 18.0 Å². The fourth-order valence-corrected chi connectivity index (χ4v) is 5.98. The first-order valence-corrected chi connectivity index (χ1v) is 19.2. The molecule has 0 aliphatic heterocycles. The van der Waals surface area contributed by atoms with Gasteiger partial charge in [0.05, 0.1) is 50.6 Å². The van der Waals surface area contributed by atoms with Crippen LogP contribution in [0.4, 0.5) is 0 Å². The lowest BCUT2D eigenvalue weighted by Crippen LogP contribution is -2.31. The fraction of sp³-hybridized carbons (Fsp3) is 0.390. The largest absolute Gasteiger partial charge is 0.497 e. The van der Waals surface area contributed by atoms with Gasteiger partial charge in [0.25, 0.3) is 0 Å². The molecule has 298 valence electrons. The maximum Gasteiger partial charge on any atom is 0.330 e. The highest BCUT2D eigenvalue weighted by Gasteiger charge is 2.23. The summed E-state index contributed by atoms with van der Waals surface area (Å²) in [6.07, 6.45) is 0.293. The number of aliphatic hydroxyl groups excluding tert-OH is 1. The van der Waals surface area contributed by atoms with Gasteiger partial charge < -0.3 is 38.3 Å². The molecule has 0 aliphatic carbocycles. The van der Waals surface area contributed by atoms with Crippen molar-refractivity contribution < 1.29 is 61.1 Å². The van der Waals surface area contributed by atoms with Crippen LogP contribution in [0.1, 0.15) is 43.9 Å². The van der Waals surface area contributed by atoms with E-state index in [1.165, 1.54) is 31.2 Å². The summed E-state index contributed by atoms with van der Waals surface area (Å²) in [7, 11) is -0.565. The molecule has 1 N–H and O–H groups in total. The van der Waals surface area contributed by atoms with E-state index in [0.29, 0.717) is 11.5 Å². The standard InChI is InChI=1S/C41H50O13S/c1-28-7-17-36(18-8-28)55(46,47)24-23-50-39(43)21-19-37(51-26-32-9-13-34(48-5)14-10-32)30(3)53-40(44)22-20-38(31(4)54-41(45)25-29(2)42)52-27-33-11-15-35(49-6)16-12-33/h7-22,29-31,37-38,42H,23-27H2,1-6H3/b21-19+,22-20+/t29-,30-,31-,37+,38+/m0/s1. The molecule has 0 aliphatic rings. The van der Waals surface area contributed by atoms with Crippen LogP contribution in [0.25, 0.3) is 0 Å². The molecule has 0 amide bonds. The zero-order chi connectivity index (χ0) is 40.4. The number of benzene rings is 3. The summed E-state index contributed by atoms with van der Waals surface area (Å²) in [4.78, 5) is 38.1. The maximum absolute atomic E-state index is 13.1. The number of ether oxygens (including phenoxy) is 7. The number of hydrogen-bond acceptors (Lipinski definition) is 13. The summed E-state index contributed by atoms with van der Waals surface area (Å²) in [6, 6.07) is 20.6. The molecule has 5 atom stereocenters. The number of sulfone groups is 1. The molecule has 0 bridgehead atoms. The molecular weight excluding hydrogens is 733 g/mol. The lowest BCUT2D eigenvalue weighted by molar-refractivity contribution is -0.156. The predicted octanol–water partition coefficient (Wildman–Crippen LogP) is 5.25. The topological polar surface area (TPSA) is 170 Å². The van der Waals surface area contributed by atoms with E-state index in [0.717, 1.165) is 28.8 Å². The number of hydrogen-bond donors (Lipinski definition) is 1. The first-order valence-electron chi connectivity index (χ1n) is 17.6. The Hall–Kier alpha value is -5.02. The van der Waals surface area contributed by atoms with E-state index in [2.05, 4.69) is 0 Å². The molecule has 3 aromatic carbocycles. The number of carbonyl (C=O) groups excluding carboxylic acids is 3. The minimum absolute atomic E-state index is 0.0805. The van der Waals surface area contributed by atoms with Gasteiger partial charge in [-0.15, -0.1) is 0 Å². The van der Waals surface area contributed by atoms with Gasteiger partial charge >= 0.3 is 17.9 Å². The number of aryl methyl sites for hydroxylation is 1. The van der Waals surface area contributed by atoms with Crippen LogP contribution in [0, 0.1) is 6.92 Å². The first kappa shape index (κ1) is 44.4. The zero-order valence-corrected chi connectivity index (χ0v) is 32.7. The monoisotopic (exact) mass is 782 g/mol. The quantitative estimate of drug-likeness (QED) is 0.0798. The third-order valence-electron chi connectivity index (χ3n) is 8.03. The van der Waals surface area contributed by atoms with Crippen molar-refractivity contribution in [3.05, 3.63) is 114 Å². The molecule has 55 heavy (non-hydrogen) atoms. The van der Waals surface area contributed by atoms with Crippen molar-refractivity contribution in [2.75, 3.05) is 26.6 Å². The molecule has 0 spiro atoms. The Morgan fingerprint density at radius 2 is 1.16 bits per heavy atom. The van der Waals surface area contributed by atoms with Crippen molar-refractivity contribution >= 4 is 27.7 Å². The Labute approximate surface area is 322 Å². The highest BCUT2D eigenvalue weighted by atomic mass is 32.2. The van der Waals surface area contributed by atoms with Crippen LogP contribution in [-0.2, 0) is 61.1 Å². The fourth-order valence-electron chi connectivity index (χ4n) is 4.89. The lowest BCUT2D eigenvalue weighted by Gasteiger charge is -2.23. The molecule has 3 aromatic rings. The van der Waals surface area contributed by atoms with Crippen LogP contribution in [-0.4, -0.2) is 88.5 Å². The van der Waals surface area contributed by atoms with Gasteiger partial charge in [0.15, 0.2) is 9.84 Å². The first-order chi connectivity index (χ1) is 26.2. The molecule has 0 radical (unpaired) electrons. The predicted molar refractivity (Wildman–Crippen MR) is 203 cm³/mol. The van der Waals surface area contributed by atoms with E-state index in [1.807, 2.05) is 19.1 Å². The van der Waals surface area contributed by atoms with Gasteiger partial charge in [-0.2, -0.15) is 0 Å². The molecule has 0 fully saturated rings. The minimum atomic E-state index is -3.67. The third-order valence-corrected chi connectivity index (χ3v) is 9.72. The molecule has 0 heterocycles. The summed E-state index contributed by atoms with van der Waals surface area (Å²) in [6.45, 7) is 6.31. The van der Waals surface area contributed by atoms with Crippen LogP contribution >= 0.6 is 0 Å². The van der Waals surface area contributed by atoms with Gasteiger partial charge in [-0.1, -0.05) is 42.0 Å². The van der Waals surface area contributed by atoms with Crippen LogP contribution < -0.4 is 9.47 Å². The molecule has 13 nitrogen and oxygen atoms in total. The minimum Gasteiger partial charge on any atom is -0.497 e. The number of carbonyl (C=O) groups is 3. The Kier molecular flexibility index (Phi) is 18.1. The van der Waals surface area contributed by atoms with Crippen LogP contribution in [0.5, 0.6) is 11.5 Å². The highest BCUT2D eigenvalue weighted by Crippen LogP contribution is 2.18. The Morgan fingerprint density at radius 1 is 0.691 bits per heavy atom. The molecule has 0 saturated heterocycles. The summed E-state index contributed by atoms with van der Waals surface area (Å²) >= 11 is 0. The van der Waals surface area contributed by atoms with Crippen molar-refractivity contribution in [3.63, 3.8) is 0 Å². The molecule has 0 aromatic heterocycles. The lowest BCUT2D eigenvalue weighted by atomic mass is 10.1. The number of methoxy groups -OCH3 is 2. The van der Waals surface area contributed by atoms with E-state index >= 15 is 0 Å². The van der Waals surface area contributed by atoms with Gasteiger partial charge in [0.1, 0.15) is 42.5 Å². The molecule has 0 saturated carbocycles. The van der Waals surface area contributed by atoms with E-state index < -0.39 is 64.0 Å². The second kappa shape index (κ2) is 22.4. The number of rotatable bonds is 22. The Balaban J connectivity index is 1.70. The second-order valence-electron chi connectivity index (χ2n) is 12.7. The maximum atomic E-state index is 13.1. The van der Waals surface area contributed by atoms with Gasteiger partial charge in [0.2, 0.25) is 0 Å². The molecule has 0 unspecified atom stereocenters. The second-order valence-corrected chi connectivity index (χ2v) is 14.8. The van der Waals surface area contributed by atoms with Crippen molar-refractivity contribution in [2.45, 2.75) is 82.7 Å². The number of esters is 3. The summed E-state index contributed by atoms with van der Waals surface area (Å²) in [5, 5.41) is 9.60. The molecular formula is C41H50O13S. The Bertz CT molecular complexity index is 1820. The molecule has 14 heteroatoms. The summed E-state index contributed by atoms with van der Waals surface area (Å²) in [5.74, 6) is -1.31.